The lowest BCUT2D eigenvalue weighted by Gasteiger charge is -1.93. The van der Waals surface area contributed by atoms with Gasteiger partial charge in [0.2, 0.25) is 0 Å². The van der Waals surface area contributed by atoms with Crippen LogP contribution in [0.3, 0.4) is 0 Å². The minimum atomic E-state index is -4.89. The number of hydrogen-bond donors (Lipinski definition) is 0. The van der Waals surface area contributed by atoms with Crippen molar-refractivity contribution in [3.8, 4) is 0 Å². The van der Waals surface area contributed by atoms with Gasteiger partial charge in [-0.3, -0.25) is 4.39 Å². The van der Waals surface area contributed by atoms with Gasteiger partial charge in [-0.15, -0.1) is 0 Å². The monoisotopic (exact) mass is 166 g/mol. The van der Waals surface area contributed by atoms with E-state index in [1.807, 2.05) is 0 Å². The van der Waals surface area contributed by atoms with Gasteiger partial charge >= 0.3 is 6.18 Å². The number of halogens is 6. The highest BCUT2D eigenvalue weighted by molar-refractivity contribution is 4.87. The molecule has 0 aromatic heterocycles. The zero-order valence-electron chi connectivity index (χ0n) is 4.85. The minimum absolute atomic E-state index is 0.500. The first-order valence-corrected chi connectivity index (χ1v) is 1.90. The molecule has 0 nitrogen and oxygen atoms in total. The summed E-state index contributed by atoms with van der Waals surface area (Å²) in [4.78, 5) is 0. The van der Waals surface area contributed by atoms with E-state index < -0.39 is 18.3 Å². The third-order valence-corrected chi connectivity index (χ3v) is 0.273. The Morgan fingerprint density at radius 1 is 1.10 bits per heavy atom. The fourth-order valence-electron chi connectivity index (χ4n) is 0.124. The topological polar surface area (TPSA) is 0 Å². The van der Waals surface area contributed by atoms with Crippen molar-refractivity contribution in [3.63, 3.8) is 0 Å². The van der Waals surface area contributed by atoms with Crippen LogP contribution in [0.5, 0.6) is 0 Å². The van der Waals surface area contributed by atoms with Crippen LogP contribution in [-0.4, -0.2) is 13.4 Å². The van der Waals surface area contributed by atoms with Crippen molar-refractivity contribution in [2.24, 2.45) is 0 Å². The van der Waals surface area contributed by atoms with Gasteiger partial charge in [-0.05, 0) is 0 Å². The van der Waals surface area contributed by atoms with Gasteiger partial charge in [0.1, 0.15) is 0 Å². The Kier molecular flexibility index (Phi) is 6.18. The largest absolute Gasteiger partial charge is 0.414 e. The lowest BCUT2D eigenvalue weighted by Crippen LogP contribution is -2.00. The molecule has 0 radical (unpaired) electrons. The first-order valence-electron chi connectivity index (χ1n) is 1.90. The number of alkyl halides is 4. The van der Waals surface area contributed by atoms with Crippen LogP contribution in [0.2, 0.25) is 0 Å². The molecule has 10 heavy (non-hydrogen) atoms. The Hall–Kier alpha value is -0.680. The number of hydrogen-bond acceptors (Lipinski definition) is 0. The molecule has 6 heteroatoms. The van der Waals surface area contributed by atoms with Crippen LogP contribution in [0.1, 0.15) is 0 Å². The summed E-state index contributed by atoms with van der Waals surface area (Å²) in [5, 5.41) is 0. The summed E-state index contributed by atoms with van der Waals surface area (Å²) in [5.41, 5.74) is 0. The molecule has 0 aromatic rings. The van der Waals surface area contributed by atoms with Crippen LogP contribution in [0, 0.1) is 0 Å². The van der Waals surface area contributed by atoms with Gasteiger partial charge in [0.25, 0.3) is 6.08 Å². The average Bonchev–Trinajstić information content (AvgIpc) is 1.64. The van der Waals surface area contributed by atoms with Gasteiger partial charge in [0.05, 0.1) is 13.3 Å². The lowest BCUT2D eigenvalue weighted by atomic mass is 10.6. The molecule has 0 heterocycles. The summed E-state index contributed by atoms with van der Waals surface area (Å²) in [6.45, 7) is 0. The summed E-state index contributed by atoms with van der Waals surface area (Å²) in [5.74, 6) is 0. The molecule has 0 amide bonds. The second-order valence-electron chi connectivity index (χ2n) is 0.976. The number of allylic oxidation sites excluding steroid dienone is 1. The van der Waals surface area contributed by atoms with Crippen molar-refractivity contribution in [2.75, 3.05) is 7.18 Å². The summed E-state index contributed by atoms with van der Waals surface area (Å²) in [6.07, 6.45) is -8.68. The molecule has 0 spiro atoms. The fraction of sp³-hybridized carbons (Fsp3) is 0.500. The van der Waals surface area contributed by atoms with E-state index in [1.54, 1.807) is 0 Å². The van der Waals surface area contributed by atoms with Crippen LogP contribution in [-0.2, 0) is 0 Å². The van der Waals surface area contributed by atoms with Crippen molar-refractivity contribution in [1.82, 2.24) is 0 Å². The van der Waals surface area contributed by atoms with Crippen molar-refractivity contribution in [1.29, 1.82) is 0 Å². The van der Waals surface area contributed by atoms with Crippen LogP contribution >= 0.6 is 0 Å². The highest BCUT2D eigenvalue weighted by atomic mass is 19.4. The third kappa shape index (κ3) is 15.7. The predicted octanol–water partition coefficient (Wildman–Crippen LogP) is 2.91. The summed E-state index contributed by atoms with van der Waals surface area (Å²) in [6, 6.07) is 0. The van der Waals surface area contributed by atoms with E-state index in [-0.39, 0.29) is 0 Å². The van der Waals surface area contributed by atoms with Gasteiger partial charge in [-0.1, -0.05) is 0 Å². The second kappa shape index (κ2) is 5.13. The SMILES string of the molecule is CF.FC(F)=CC(F)(F)F. The molecule has 0 rings (SSSR count). The molecular weight excluding hydrogens is 162 g/mol. The molecule has 62 valence electrons. The first kappa shape index (κ1) is 12.0. The zero-order valence-corrected chi connectivity index (χ0v) is 4.85. The van der Waals surface area contributed by atoms with Gasteiger partial charge in [-0.25, -0.2) is 0 Å². The molecule has 0 N–H and O–H groups in total. The van der Waals surface area contributed by atoms with E-state index >= 15 is 0 Å². The van der Waals surface area contributed by atoms with Gasteiger partial charge in [-0.2, -0.15) is 22.0 Å². The van der Waals surface area contributed by atoms with Crippen LogP contribution in [0.15, 0.2) is 12.2 Å². The van der Waals surface area contributed by atoms with Crippen LogP contribution in [0.4, 0.5) is 26.3 Å². The Balaban J connectivity index is 0. The van der Waals surface area contributed by atoms with E-state index in [0.29, 0.717) is 7.18 Å². The maximum absolute atomic E-state index is 10.8. The van der Waals surface area contributed by atoms with Gasteiger partial charge in [0, 0.05) is 0 Å². The maximum Gasteiger partial charge on any atom is 0.414 e. The molecule has 0 aromatic carbocycles. The van der Waals surface area contributed by atoms with E-state index in [0.717, 1.165) is 0 Å². The van der Waals surface area contributed by atoms with E-state index in [1.165, 1.54) is 0 Å². The minimum Gasteiger partial charge on any atom is -0.255 e. The smallest absolute Gasteiger partial charge is 0.255 e. The average molecular weight is 166 g/mol. The first-order chi connectivity index (χ1) is 4.42. The van der Waals surface area contributed by atoms with Crippen molar-refractivity contribution in [2.45, 2.75) is 6.18 Å². The molecule has 0 aliphatic rings. The molecule has 0 fully saturated rings. The highest BCUT2D eigenvalue weighted by Crippen LogP contribution is 2.19. The standard InChI is InChI=1S/C3HF5.CH3F/c4-2(5)1-3(6,7)8;1-2/h1H;1H3. The van der Waals surface area contributed by atoms with E-state index in [4.69, 9.17) is 0 Å². The van der Waals surface area contributed by atoms with Crippen molar-refractivity contribution in [3.05, 3.63) is 12.2 Å². The summed E-state index contributed by atoms with van der Waals surface area (Å²) < 4.78 is 63.1. The van der Waals surface area contributed by atoms with Crippen molar-refractivity contribution < 1.29 is 26.3 Å². The van der Waals surface area contributed by atoms with Crippen LogP contribution in [0.25, 0.3) is 0 Å². The Labute approximate surface area is 53.1 Å². The van der Waals surface area contributed by atoms with E-state index in [9.17, 15) is 26.3 Å². The molecular formula is C4H4F6. The molecule has 0 unspecified atom stereocenters. The molecule has 0 saturated carbocycles. The molecule has 0 atom stereocenters. The third-order valence-electron chi connectivity index (χ3n) is 0.273. The lowest BCUT2D eigenvalue weighted by molar-refractivity contribution is -0.0826. The zero-order chi connectivity index (χ0) is 8.78. The Morgan fingerprint density at radius 2 is 1.40 bits per heavy atom. The normalized spacial score (nSPS) is 9.50. The predicted molar refractivity (Wildman–Crippen MR) is 23.4 cm³/mol. The molecule has 0 aliphatic carbocycles. The second-order valence-corrected chi connectivity index (χ2v) is 0.976. The fourth-order valence-corrected chi connectivity index (χ4v) is 0.124. The van der Waals surface area contributed by atoms with E-state index in [2.05, 4.69) is 0 Å². The molecule has 0 bridgehead atoms. The van der Waals surface area contributed by atoms with Crippen LogP contribution < -0.4 is 0 Å². The van der Waals surface area contributed by atoms with Crippen molar-refractivity contribution >= 4 is 0 Å². The highest BCUT2D eigenvalue weighted by Gasteiger charge is 2.24. The maximum atomic E-state index is 10.8. The molecule has 0 saturated heterocycles. The summed E-state index contributed by atoms with van der Waals surface area (Å²) in [7, 11) is 0.500. The number of rotatable bonds is 0. The van der Waals surface area contributed by atoms with Gasteiger partial charge in [0.15, 0.2) is 0 Å². The quantitative estimate of drug-likeness (QED) is 0.485. The van der Waals surface area contributed by atoms with Gasteiger partial charge < -0.3 is 0 Å². The molecule has 0 aliphatic heterocycles. The summed E-state index contributed by atoms with van der Waals surface area (Å²) >= 11 is 0. The Bertz CT molecular complexity index is 96.8. The Morgan fingerprint density at radius 3 is 1.40 bits per heavy atom.